The maximum absolute atomic E-state index is 6.08. The van der Waals surface area contributed by atoms with E-state index in [-0.39, 0.29) is 0 Å². The van der Waals surface area contributed by atoms with E-state index in [9.17, 15) is 0 Å². The molecule has 2 N–H and O–H groups in total. The van der Waals surface area contributed by atoms with E-state index < -0.39 is 0 Å². The predicted octanol–water partition coefficient (Wildman–Crippen LogP) is 4.53. The molecule has 0 saturated heterocycles. The normalized spacial score (nSPS) is 10.8. The smallest absolute Gasteiger partial charge is 0.0486 e. The zero-order valence-corrected chi connectivity index (χ0v) is 10.8. The second-order valence-electron chi connectivity index (χ2n) is 4.21. The molecule has 3 rings (SSSR count). The third kappa shape index (κ3) is 1.85. The second-order valence-corrected chi connectivity index (χ2v) is 4.65. The third-order valence-corrected chi connectivity index (χ3v) is 3.31. The van der Waals surface area contributed by atoms with Gasteiger partial charge in [-0.1, -0.05) is 29.8 Å². The van der Waals surface area contributed by atoms with E-state index in [1.807, 2.05) is 37.4 Å². The summed E-state index contributed by atoms with van der Waals surface area (Å²) in [6, 6.07) is 16.2. The minimum atomic E-state index is 0.739. The molecule has 0 aliphatic rings. The van der Waals surface area contributed by atoms with Gasteiger partial charge in [0.25, 0.3) is 0 Å². The highest BCUT2D eigenvalue weighted by atomic mass is 35.5. The Morgan fingerprint density at radius 3 is 2.67 bits per heavy atom. The topological polar surface area (TPSA) is 27.8 Å². The molecule has 0 spiro atoms. The first-order valence-electron chi connectivity index (χ1n) is 5.83. The molecule has 0 unspecified atom stereocenters. The quantitative estimate of drug-likeness (QED) is 0.693. The number of hydrogen-bond acceptors (Lipinski definition) is 1. The molecule has 0 fully saturated rings. The van der Waals surface area contributed by atoms with E-state index in [1.165, 1.54) is 5.39 Å². The molecule has 3 heteroatoms. The zero-order chi connectivity index (χ0) is 12.5. The third-order valence-electron chi connectivity index (χ3n) is 3.07. The highest BCUT2D eigenvalue weighted by Gasteiger charge is 2.08. The summed E-state index contributed by atoms with van der Waals surface area (Å²) < 4.78 is 0. The summed E-state index contributed by atoms with van der Waals surface area (Å²) in [5.74, 6) is 0. The summed E-state index contributed by atoms with van der Waals surface area (Å²) in [6.45, 7) is 0. The molecule has 0 aliphatic heterocycles. The number of rotatable bonds is 2. The van der Waals surface area contributed by atoms with Crippen molar-refractivity contribution in [3.05, 3.63) is 53.6 Å². The molecule has 0 amide bonds. The molecule has 0 saturated carbocycles. The van der Waals surface area contributed by atoms with Crippen LogP contribution in [0.4, 0.5) is 5.69 Å². The maximum Gasteiger partial charge on any atom is 0.0486 e. The minimum Gasteiger partial charge on any atom is -0.388 e. The average molecular weight is 257 g/mol. The summed E-state index contributed by atoms with van der Waals surface area (Å²) in [6.07, 6.45) is 0. The Balaban J connectivity index is 2.22. The molecule has 0 bridgehead atoms. The molecule has 0 atom stereocenters. The number of para-hydroxylation sites is 1. The van der Waals surface area contributed by atoms with Gasteiger partial charge in [0.15, 0.2) is 0 Å². The molecule has 3 aromatic rings. The van der Waals surface area contributed by atoms with Crippen LogP contribution < -0.4 is 5.32 Å². The number of fused-ring (bicyclic) bond motifs is 1. The number of aromatic nitrogens is 1. The Hall–Kier alpha value is -1.93. The number of aromatic amines is 1. The number of nitrogens with one attached hydrogen (secondary N) is 2. The first-order valence-corrected chi connectivity index (χ1v) is 6.21. The Bertz CT molecular complexity index is 668. The van der Waals surface area contributed by atoms with E-state index in [4.69, 9.17) is 11.6 Å². The lowest BCUT2D eigenvalue weighted by Gasteiger charge is -2.07. The lowest BCUT2D eigenvalue weighted by Crippen LogP contribution is -1.91. The minimum absolute atomic E-state index is 0.739. The fourth-order valence-electron chi connectivity index (χ4n) is 2.18. The van der Waals surface area contributed by atoms with Crippen LogP contribution in [0.5, 0.6) is 0 Å². The molecule has 2 aromatic carbocycles. The fourth-order valence-corrected chi connectivity index (χ4v) is 2.35. The van der Waals surface area contributed by atoms with E-state index in [2.05, 4.69) is 28.5 Å². The van der Waals surface area contributed by atoms with Crippen molar-refractivity contribution >= 4 is 28.2 Å². The van der Waals surface area contributed by atoms with Crippen LogP contribution in [0.2, 0.25) is 5.02 Å². The van der Waals surface area contributed by atoms with E-state index in [1.54, 1.807) is 0 Å². The predicted molar refractivity (Wildman–Crippen MR) is 78.3 cm³/mol. The van der Waals surface area contributed by atoms with Crippen molar-refractivity contribution in [2.24, 2.45) is 0 Å². The SMILES string of the molecule is CNc1ccc(Cl)cc1-c1cc2ccccc2[nH]1. The van der Waals surface area contributed by atoms with Gasteiger partial charge in [-0.2, -0.15) is 0 Å². The number of anilines is 1. The lowest BCUT2D eigenvalue weighted by molar-refractivity contribution is 1.43. The fraction of sp³-hybridized carbons (Fsp3) is 0.0667. The first kappa shape index (κ1) is 11.2. The summed E-state index contributed by atoms with van der Waals surface area (Å²) in [4.78, 5) is 3.42. The number of hydrogen-bond donors (Lipinski definition) is 2. The van der Waals surface area contributed by atoms with Crippen molar-refractivity contribution in [2.75, 3.05) is 12.4 Å². The van der Waals surface area contributed by atoms with Crippen LogP contribution in [0.1, 0.15) is 0 Å². The van der Waals surface area contributed by atoms with Crippen molar-refractivity contribution < 1.29 is 0 Å². The van der Waals surface area contributed by atoms with E-state index in [0.717, 1.165) is 27.5 Å². The molecule has 1 aromatic heterocycles. The second kappa shape index (κ2) is 4.39. The molecule has 2 nitrogen and oxygen atoms in total. The van der Waals surface area contributed by atoms with Crippen LogP contribution in [0.25, 0.3) is 22.2 Å². The van der Waals surface area contributed by atoms with Gasteiger partial charge >= 0.3 is 0 Å². The molecule has 0 radical (unpaired) electrons. The summed E-state index contributed by atoms with van der Waals surface area (Å²) in [5, 5.41) is 5.13. The summed E-state index contributed by atoms with van der Waals surface area (Å²) >= 11 is 6.08. The Labute approximate surface area is 111 Å². The monoisotopic (exact) mass is 256 g/mol. The largest absolute Gasteiger partial charge is 0.388 e. The average Bonchev–Trinajstić information content (AvgIpc) is 2.82. The van der Waals surface area contributed by atoms with Crippen LogP contribution in [0, 0.1) is 0 Å². The van der Waals surface area contributed by atoms with Crippen LogP contribution in [-0.2, 0) is 0 Å². The summed E-state index contributed by atoms with van der Waals surface area (Å²) in [5.41, 5.74) is 4.35. The van der Waals surface area contributed by atoms with Crippen LogP contribution in [0.3, 0.4) is 0 Å². The van der Waals surface area contributed by atoms with Crippen molar-refractivity contribution in [1.82, 2.24) is 4.98 Å². The van der Waals surface area contributed by atoms with Gasteiger partial charge in [-0.05, 0) is 30.3 Å². The number of benzene rings is 2. The molecule has 18 heavy (non-hydrogen) atoms. The molecule has 0 aliphatic carbocycles. The van der Waals surface area contributed by atoms with Gasteiger partial charge in [0.1, 0.15) is 0 Å². The lowest BCUT2D eigenvalue weighted by atomic mass is 10.1. The standard InChI is InChI=1S/C15H13ClN2/c1-17-14-7-6-11(16)9-12(14)15-8-10-4-2-3-5-13(10)18-15/h2-9,17-18H,1H3. The van der Waals surface area contributed by atoms with Gasteiger partial charge in [0.2, 0.25) is 0 Å². The van der Waals surface area contributed by atoms with Crippen LogP contribution in [0.15, 0.2) is 48.5 Å². The van der Waals surface area contributed by atoms with Gasteiger partial charge in [-0.3, -0.25) is 0 Å². The first-order chi connectivity index (χ1) is 8.78. The molecule has 90 valence electrons. The van der Waals surface area contributed by atoms with E-state index in [0.29, 0.717) is 0 Å². The Morgan fingerprint density at radius 1 is 1.06 bits per heavy atom. The van der Waals surface area contributed by atoms with Crippen LogP contribution >= 0.6 is 11.6 Å². The zero-order valence-electron chi connectivity index (χ0n) is 10.00. The molecular formula is C15H13ClN2. The highest BCUT2D eigenvalue weighted by Crippen LogP contribution is 2.32. The maximum atomic E-state index is 6.08. The van der Waals surface area contributed by atoms with Crippen molar-refractivity contribution in [1.29, 1.82) is 0 Å². The van der Waals surface area contributed by atoms with Crippen molar-refractivity contribution in [3.63, 3.8) is 0 Å². The van der Waals surface area contributed by atoms with Gasteiger partial charge in [0, 0.05) is 39.9 Å². The van der Waals surface area contributed by atoms with Gasteiger partial charge in [0.05, 0.1) is 0 Å². The van der Waals surface area contributed by atoms with E-state index >= 15 is 0 Å². The molecular weight excluding hydrogens is 244 g/mol. The van der Waals surface area contributed by atoms with Crippen LogP contribution in [-0.4, -0.2) is 12.0 Å². The Morgan fingerprint density at radius 2 is 1.89 bits per heavy atom. The van der Waals surface area contributed by atoms with Crippen molar-refractivity contribution in [2.45, 2.75) is 0 Å². The van der Waals surface area contributed by atoms with Gasteiger partial charge < -0.3 is 10.3 Å². The van der Waals surface area contributed by atoms with Gasteiger partial charge in [-0.15, -0.1) is 0 Å². The number of halogens is 1. The molecule has 1 heterocycles. The Kier molecular flexibility index (Phi) is 2.73. The highest BCUT2D eigenvalue weighted by molar-refractivity contribution is 6.31. The van der Waals surface area contributed by atoms with Gasteiger partial charge in [-0.25, -0.2) is 0 Å². The summed E-state index contributed by atoms with van der Waals surface area (Å²) in [7, 11) is 1.91. The number of H-pyrrole nitrogens is 1. The van der Waals surface area contributed by atoms with Crippen molar-refractivity contribution in [3.8, 4) is 11.3 Å².